The maximum Gasteiger partial charge on any atom is 0.305 e. The van der Waals surface area contributed by atoms with Gasteiger partial charge in [-0.05, 0) is 67.9 Å². The summed E-state index contributed by atoms with van der Waals surface area (Å²) in [5.41, 5.74) is 0.686. The fourth-order valence-corrected chi connectivity index (χ4v) is 4.24. The molecule has 1 N–H and O–H groups in total. The Morgan fingerprint density at radius 2 is 2.08 bits per heavy atom. The normalized spacial score (nSPS) is 24.9. The topological polar surface area (TPSA) is 67.6 Å². The van der Waals surface area contributed by atoms with Crippen LogP contribution in [0.3, 0.4) is 0 Å². The summed E-state index contributed by atoms with van der Waals surface area (Å²) in [7, 11) is 1.54. The van der Waals surface area contributed by atoms with E-state index in [0.29, 0.717) is 22.7 Å². The van der Waals surface area contributed by atoms with Crippen molar-refractivity contribution < 1.29 is 13.9 Å². The standard InChI is InChI=1S/C18H21N3O3S/c1-23-16-10-19-18(24-16)25-14-4-2-13(3-5-14)17(22)20-15-11-21-8-6-12(15)7-9-21/h2-5,10,12,15H,6-9,11H2,1H3,(H,20,22)/t15-/m0/s1. The lowest BCUT2D eigenvalue weighted by Crippen LogP contribution is -2.57. The molecule has 3 aliphatic rings. The Labute approximate surface area is 150 Å². The van der Waals surface area contributed by atoms with Crippen LogP contribution in [0.5, 0.6) is 5.95 Å². The zero-order valence-electron chi connectivity index (χ0n) is 14.1. The molecule has 0 unspecified atom stereocenters. The predicted molar refractivity (Wildman–Crippen MR) is 94.0 cm³/mol. The van der Waals surface area contributed by atoms with E-state index in [1.807, 2.05) is 24.3 Å². The molecule has 6 nitrogen and oxygen atoms in total. The number of fused-ring (bicyclic) bond motifs is 3. The summed E-state index contributed by atoms with van der Waals surface area (Å²) < 4.78 is 10.4. The number of methoxy groups -OCH3 is 1. The van der Waals surface area contributed by atoms with E-state index in [0.717, 1.165) is 11.4 Å². The number of carbonyl (C=O) groups is 1. The highest BCUT2D eigenvalue weighted by atomic mass is 32.2. The molecule has 0 aliphatic carbocycles. The minimum Gasteiger partial charge on any atom is -0.467 e. The maximum atomic E-state index is 12.5. The number of amides is 1. The van der Waals surface area contributed by atoms with Crippen LogP contribution in [0.2, 0.25) is 0 Å². The molecular weight excluding hydrogens is 338 g/mol. The molecule has 1 aromatic carbocycles. The smallest absolute Gasteiger partial charge is 0.305 e. The highest BCUT2D eigenvalue weighted by Crippen LogP contribution is 2.30. The molecule has 1 atom stereocenters. The zero-order valence-corrected chi connectivity index (χ0v) is 14.9. The Morgan fingerprint density at radius 3 is 2.68 bits per heavy atom. The fourth-order valence-electron chi connectivity index (χ4n) is 3.54. The molecule has 132 valence electrons. The lowest BCUT2D eigenvalue weighted by molar-refractivity contribution is 0.0620. The Morgan fingerprint density at radius 1 is 1.32 bits per heavy atom. The predicted octanol–water partition coefficient (Wildman–Crippen LogP) is 2.66. The maximum absolute atomic E-state index is 12.5. The Kier molecular flexibility index (Phi) is 4.67. The monoisotopic (exact) mass is 359 g/mol. The lowest BCUT2D eigenvalue weighted by atomic mass is 9.84. The third-order valence-corrected chi connectivity index (χ3v) is 5.83. The van der Waals surface area contributed by atoms with Gasteiger partial charge in [0.1, 0.15) is 6.20 Å². The van der Waals surface area contributed by atoms with E-state index in [-0.39, 0.29) is 11.9 Å². The van der Waals surface area contributed by atoms with E-state index < -0.39 is 0 Å². The van der Waals surface area contributed by atoms with E-state index in [9.17, 15) is 4.79 Å². The van der Waals surface area contributed by atoms with E-state index in [2.05, 4.69) is 15.2 Å². The first-order valence-corrected chi connectivity index (χ1v) is 9.34. The van der Waals surface area contributed by atoms with Crippen molar-refractivity contribution in [1.29, 1.82) is 0 Å². The van der Waals surface area contributed by atoms with Crippen LogP contribution in [-0.4, -0.2) is 48.6 Å². The quantitative estimate of drug-likeness (QED) is 0.885. The molecule has 4 heterocycles. The second-order valence-electron chi connectivity index (χ2n) is 6.49. The summed E-state index contributed by atoms with van der Waals surface area (Å²) in [6, 6.07) is 7.79. The third-order valence-electron chi connectivity index (χ3n) is 4.96. The van der Waals surface area contributed by atoms with E-state index in [1.165, 1.54) is 51.0 Å². The van der Waals surface area contributed by atoms with Crippen molar-refractivity contribution in [2.75, 3.05) is 26.7 Å². The summed E-state index contributed by atoms with van der Waals surface area (Å²) in [4.78, 5) is 20.0. The van der Waals surface area contributed by atoms with Crippen LogP contribution in [0.25, 0.3) is 0 Å². The van der Waals surface area contributed by atoms with E-state index in [4.69, 9.17) is 9.15 Å². The molecule has 3 saturated heterocycles. The van der Waals surface area contributed by atoms with Gasteiger partial charge in [0.2, 0.25) is 0 Å². The molecule has 2 aromatic rings. The van der Waals surface area contributed by atoms with Crippen LogP contribution in [-0.2, 0) is 0 Å². The number of hydrogen-bond donors (Lipinski definition) is 1. The summed E-state index contributed by atoms with van der Waals surface area (Å²) in [6.07, 6.45) is 3.93. The van der Waals surface area contributed by atoms with Crippen molar-refractivity contribution in [1.82, 2.24) is 15.2 Å². The fraction of sp³-hybridized carbons (Fsp3) is 0.444. The highest BCUT2D eigenvalue weighted by Gasteiger charge is 2.34. The highest BCUT2D eigenvalue weighted by molar-refractivity contribution is 7.99. The zero-order chi connectivity index (χ0) is 17.2. The van der Waals surface area contributed by atoms with Crippen molar-refractivity contribution in [3.05, 3.63) is 36.0 Å². The van der Waals surface area contributed by atoms with Gasteiger partial charge >= 0.3 is 5.95 Å². The molecule has 0 radical (unpaired) electrons. The van der Waals surface area contributed by atoms with Gasteiger partial charge in [0.05, 0.1) is 7.11 Å². The summed E-state index contributed by atoms with van der Waals surface area (Å²) in [5, 5.41) is 3.73. The molecule has 5 rings (SSSR count). The first-order valence-electron chi connectivity index (χ1n) is 8.52. The molecule has 1 amide bonds. The van der Waals surface area contributed by atoms with Crippen LogP contribution >= 0.6 is 11.8 Å². The van der Waals surface area contributed by atoms with Crippen molar-refractivity contribution in [2.24, 2.45) is 5.92 Å². The minimum atomic E-state index is 0.00749. The van der Waals surface area contributed by atoms with Crippen LogP contribution < -0.4 is 10.1 Å². The van der Waals surface area contributed by atoms with Crippen LogP contribution in [0, 0.1) is 5.92 Å². The van der Waals surface area contributed by atoms with E-state index in [1.54, 1.807) is 0 Å². The number of nitrogens with one attached hydrogen (secondary N) is 1. The average molecular weight is 359 g/mol. The molecule has 1 aromatic heterocycles. The van der Waals surface area contributed by atoms with Crippen molar-refractivity contribution in [3.63, 3.8) is 0 Å². The summed E-state index contributed by atoms with van der Waals surface area (Å²) in [6.45, 7) is 3.33. The molecule has 7 heteroatoms. The molecule has 2 bridgehead atoms. The van der Waals surface area contributed by atoms with Crippen molar-refractivity contribution >= 4 is 17.7 Å². The number of piperidine rings is 3. The first kappa shape index (κ1) is 16.5. The van der Waals surface area contributed by atoms with Gasteiger partial charge in [-0.3, -0.25) is 4.79 Å². The largest absolute Gasteiger partial charge is 0.467 e. The molecule has 3 aliphatic heterocycles. The van der Waals surface area contributed by atoms with Gasteiger partial charge in [0.15, 0.2) is 0 Å². The van der Waals surface area contributed by atoms with Crippen LogP contribution in [0.1, 0.15) is 23.2 Å². The van der Waals surface area contributed by atoms with Gasteiger partial charge in [-0.25, -0.2) is 4.98 Å². The minimum absolute atomic E-state index is 0.00749. The Balaban J connectivity index is 1.37. The third kappa shape index (κ3) is 3.67. The van der Waals surface area contributed by atoms with Gasteiger partial charge in [0.25, 0.3) is 11.1 Å². The Hall–Kier alpha value is -1.99. The molecule has 0 saturated carbocycles. The molecular formula is C18H21N3O3S. The number of aromatic nitrogens is 1. The number of ether oxygens (including phenoxy) is 1. The van der Waals surface area contributed by atoms with Gasteiger partial charge in [-0.2, -0.15) is 0 Å². The molecule has 25 heavy (non-hydrogen) atoms. The Bertz CT molecular complexity index is 738. The summed E-state index contributed by atoms with van der Waals surface area (Å²) in [5.74, 6) is 1.02. The van der Waals surface area contributed by atoms with Gasteiger partial charge in [-0.1, -0.05) is 0 Å². The molecule has 3 fully saturated rings. The number of oxazole rings is 1. The number of benzene rings is 1. The molecule has 0 spiro atoms. The first-order chi connectivity index (χ1) is 12.2. The SMILES string of the molecule is COc1cnc(Sc2ccc(C(=O)N[C@H]3CN4CCC3CC4)cc2)o1. The van der Waals surface area contributed by atoms with Crippen molar-refractivity contribution in [3.8, 4) is 5.95 Å². The number of rotatable bonds is 5. The second-order valence-corrected chi connectivity index (χ2v) is 7.52. The number of hydrogen-bond acceptors (Lipinski definition) is 6. The number of nitrogens with zero attached hydrogens (tertiary/aromatic N) is 2. The number of carbonyl (C=O) groups excluding carboxylic acids is 1. The van der Waals surface area contributed by atoms with Gasteiger partial charge in [-0.15, -0.1) is 0 Å². The van der Waals surface area contributed by atoms with Crippen molar-refractivity contribution in [2.45, 2.75) is 29.0 Å². The second kappa shape index (κ2) is 7.09. The van der Waals surface area contributed by atoms with Crippen LogP contribution in [0.15, 0.2) is 45.0 Å². The van der Waals surface area contributed by atoms with Gasteiger partial charge in [0, 0.05) is 23.0 Å². The lowest BCUT2D eigenvalue weighted by Gasteiger charge is -2.44. The van der Waals surface area contributed by atoms with E-state index >= 15 is 0 Å². The average Bonchev–Trinajstić information content (AvgIpc) is 3.11. The van der Waals surface area contributed by atoms with Crippen LogP contribution in [0.4, 0.5) is 0 Å². The van der Waals surface area contributed by atoms with Gasteiger partial charge < -0.3 is 19.4 Å². The summed E-state index contributed by atoms with van der Waals surface area (Å²) >= 11 is 1.39.